The molecule has 1 rings (SSSR count). The molecule has 0 aliphatic heterocycles. The Bertz CT molecular complexity index is 384. The number of nitriles is 1. The molecule has 1 unspecified atom stereocenters. The molecule has 2 N–H and O–H groups in total. The number of aliphatic carboxylic acids is 1. The van der Waals surface area contributed by atoms with Crippen LogP contribution in [0.2, 0.25) is 0 Å². The minimum atomic E-state index is -1.36. The Morgan fingerprint density at radius 3 is 2.59 bits per heavy atom. The van der Waals surface area contributed by atoms with E-state index in [2.05, 4.69) is 5.32 Å². The molecule has 1 amide bonds. The van der Waals surface area contributed by atoms with E-state index in [1.807, 2.05) is 0 Å². The van der Waals surface area contributed by atoms with Gasteiger partial charge in [-0.25, -0.2) is 0 Å². The fourth-order valence-electron chi connectivity index (χ4n) is 1.60. The second kappa shape index (κ2) is 5.77. The molecular formula is C10H14N2O4S. The van der Waals surface area contributed by atoms with Gasteiger partial charge in [0.1, 0.15) is 12.3 Å². The van der Waals surface area contributed by atoms with Gasteiger partial charge < -0.3 is 10.4 Å². The lowest BCUT2D eigenvalue weighted by Crippen LogP contribution is -2.30. The van der Waals surface area contributed by atoms with E-state index in [4.69, 9.17) is 10.4 Å². The Labute approximate surface area is 101 Å². The quantitative estimate of drug-likeness (QED) is 0.606. The van der Waals surface area contributed by atoms with Crippen molar-refractivity contribution in [2.24, 2.45) is 5.41 Å². The Balaban J connectivity index is 2.33. The van der Waals surface area contributed by atoms with Crippen molar-refractivity contribution < 1.29 is 18.9 Å². The number of carbonyl (C=O) groups excluding carboxylic acids is 1. The average molecular weight is 258 g/mol. The fraction of sp³-hybridized carbons (Fsp3) is 0.700. The highest BCUT2D eigenvalue weighted by Crippen LogP contribution is 2.49. The summed E-state index contributed by atoms with van der Waals surface area (Å²) in [5.41, 5.74) is -0.369. The van der Waals surface area contributed by atoms with Crippen molar-refractivity contribution in [2.45, 2.75) is 19.3 Å². The van der Waals surface area contributed by atoms with Crippen molar-refractivity contribution in [3.05, 3.63) is 0 Å². The molecule has 1 atom stereocenters. The van der Waals surface area contributed by atoms with Crippen LogP contribution in [0.5, 0.6) is 0 Å². The first-order valence-corrected chi connectivity index (χ1v) is 6.67. The van der Waals surface area contributed by atoms with Crippen molar-refractivity contribution in [3.63, 3.8) is 0 Å². The summed E-state index contributed by atoms with van der Waals surface area (Å²) in [4.78, 5) is 21.8. The minimum Gasteiger partial charge on any atom is -0.481 e. The maximum Gasteiger partial charge on any atom is 0.303 e. The van der Waals surface area contributed by atoms with Crippen LogP contribution in [0, 0.1) is 16.7 Å². The standard InChI is InChI=1S/C10H14N2O4S/c11-3-4-12-8(13)6-17(16)7-10(1-2-10)5-9(14)15/h1-2,4-7H2,(H,12,13)(H,14,15). The Kier molecular flexibility index (Phi) is 4.63. The van der Waals surface area contributed by atoms with Crippen molar-refractivity contribution in [1.29, 1.82) is 5.26 Å². The number of hydrogen-bond acceptors (Lipinski definition) is 4. The van der Waals surface area contributed by atoms with Crippen LogP contribution in [-0.2, 0) is 20.4 Å². The lowest BCUT2D eigenvalue weighted by Gasteiger charge is -2.11. The van der Waals surface area contributed by atoms with Gasteiger partial charge in [0.15, 0.2) is 0 Å². The van der Waals surface area contributed by atoms with Gasteiger partial charge >= 0.3 is 5.97 Å². The van der Waals surface area contributed by atoms with E-state index in [1.54, 1.807) is 6.07 Å². The zero-order valence-corrected chi connectivity index (χ0v) is 10.1. The molecule has 0 heterocycles. The maximum absolute atomic E-state index is 11.6. The van der Waals surface area contributed by atoms with Gasteiger partial charge in [-0.15, -0.1) is 0 Å². The molecule has 7 heteroatoms. The Hall–Kier alpha value is -1.42. The highest BCUT2D eigenvalue weighted by molar-refractivity contribution is 7.85. The van der Waals surface area contributed by atoms with E-state index in [0.29, 0.717) is 0 Å². The lowest BCUT2D eigenvalue weighted by atomic mass is 10.1. The normalized spacial score (nSPS) is 17.8. The fourth-order valence-corrected chi connectivity index (χ4v) is 3.17. The third-order valence-electron chi connectivity index (χ3n) is 2.61. The van der Waals surface area contributed by atoms with Gasteiger partial charge in [0.25, 0.3) is 0 Å². The molecule has 6 nitrogen and oxygen atoms in total. The van der Waals surface area contributed by atoms with Crippen LogP contribution in [0.4, 0.5) is 0 Å². The summed E-state index contributed by atoms with van der Waals surface area (Å²) in [5.74, 6) is -1.24. The second-order valence-electron chi connectivity index (χ2n) is 4.23. The molecule has 1 saturated carbocycles. The third-order valence-corrected chi connectivity index (χ3v) is 4.13. The van der Waals surface area contributed by atoms with E-state index in [-0.39, 0.29) is 29.9 Å². The first-order chi connectivity index (χ1) is 7.97. The number of carboxylic acids is 1. The molecule has 1 fully saturated rings. The van der Waals surface area contributed by atoms with Crippen molar-refractivity contribution >= 4 is 22.7 Å². The molecule has 0 saturated heterocycles. The first-order valence-electron chi connectivity index (χ1n) is 5.18. The van der Waals surface area contributed by atoms with Gasteiger partial charge in [0.2, 0.25) is 5.91 Å². The molecule has 0 radical (unpaired) electrons. The number of hydrogen-bond donors (Lipinski definition) is 2. The molecule has 0 aromatic carbocycles. The number of carboxylic acid groups (broad SMARTS) is 1. The van der Waals surface area contributed by atoms with Gasteiger partial charge in [0, 0.05) is 16.6 Å². The van der Waals surface area contributed by atoms with Crippen LogP contribution in [0.25, 0.3) is 0 Å². The molecule has 0 aromatic heterocycles. The van der Waals surface area contributed by atoms with Crippen LogP contribution in [-0.4, -0.2) is 39.2 Å². The van der Waals surface area contributed by atoms with Crippen molar-refractivity contribution in [2.75, 3.05) is 18.1 Å². The predicted octanol–water partition coefficient (Wildman–Crippen LogP) is -0.370. The van der Waals surface area contributed by atoms with Crippen LogP contribution in [0.15, 0.2) is 0 Å². The summed E-state index contributed by atoms with van der Waals surface area (Å²) in [6.45, 7) is -0.101. The summed E-state index contributed by atoms with van der Waals surface area (Å²) in [6, 6.07) is 1.75. The number of nitrogens with zero attached hydrogens (tertiary/aromatic N) is 1. The predicted molar refractivity (Wildman–Crippen MR) is 60.4 cm³/mol. The Morgan fingerprint density at radius 2 is 2.12 bits per heavy atom. The van der Waals surface area contributed by atoms with Gasteiger partial charge in [-0.3, -0.25) is 13.8 Å². The number of nitrogens with one attached hydrogen (secondary N) is 1. The van der Waals surface area contributed by atoms with Gasteiger partial charge in [0.05, 0.1) is 12.5 Å². The smallest absolute Gasteiger partial charge is 0.303 e. The maximum atomic E-state index is 11.6. The van der Waals surface area contributed by atoms with Gasteiger partial charge in [-0.2, -0.15) is 5.26 Å². The molecule has 94 valence electrons. The van der Waals surface area contributed by atoms with E-state index < -0.39 is 22.7 Å². The molecule has 1 aliphatic carbocycles. The third kappa shape index (κ3) is 4.95. The topological polar surface area (TPSA) is 107 Å². The number of rotatable bonds is 7. The molecule has 17 heavy (non-hydrogen) atoms. The van der Waals surface area contributed by atoms with Crippen LogP contribution in [0.1, 0.15) is 19.3 Å². The van der Waals surface area contributed by atoms with Gasteiger partial charge in [-0.05, 0) is 18.3 Å². The van der Waals surface area contributed by atoms with E-state index in [9.17, 15) is 13.8 Å². The first kappa shape index (κ1) is 13.6. The van der Waals surface area contributed by atoms with Crippen LogP contribution >= 0.6 is 0 Å². The summed E-state index contributed by atoms with van der Waals surface area (Å²) < 4.78 is 11.6. The lowest BCUT2D eigenvalue weighted by molar-refractivity contribution is -0.138. The minimum absolute atomic E-state index is 0.0125. The van der Waals surface area contributed by atoms with Gasteiger partial charge in [-0.1, -0.05) is 0 Å². The van der Waals surface area contributed by atoms with Crippen LogP contribution in [0.3, 0.4) is 0 Å². The SMILES string of the molecule is N#CCNC(=O)CS(=O)CC1(CC(=O)O)CC1. The zero-order valence-electron chi connectivity index (χ0n) is 9.27. The van der Waals surface area contributed by atoms with E-state index in [0.717, 1.165) is 12.8 Å². The monoisotopic (exact) mass is 258 g/mol. The molecule has 0 spiro atoms. The van der Waals surface area contributed by atoms with Crippen LogP contribution < -0.4 is 5.32 Å². The summed E-state index contributed by atoms with van der Waals surface area (Å²) in [5, 5.41) is 19.2. The molecule has 0 aromatic rings. The highest BCUT2D eigenvalue weighted by atomic mass is 32.2. The summed E-state index contributed by atoms with van der Waals surface area (Å²) >= 11 is 0. The summed E-state index contributed by atoms with van der Waals surface area (Å²) in [6.07, 6.45) is 1.52. The van der Waals surface area contributed by atoms with E-state index in [1.165, 1.54) is 0 Å². The van der Waals surface area contributed by atoms with Crippen molar-refractivity contribution in [1.82, 2.24) is 5.32 Å². The van der Waals surface area contributed by atoms with Crippen molar-refractivity contribution in [3.8, 4) is 6.07 Å². The second-order valence-corrected chi connectivity index (χ2v) is 5.69. The highest BCUT2D eigenvalue weighted by Gasteiger charge is 2.45. The summed E-state index contributed by atoms with van der Waals surface area (Å²) in [7, 11) is -1.36. The molecule has 1 aliphatic rings. The van der Waals surface area contributed by atoms with E-state index >= 15 is 0 Å². The Morgan fingerprint density at radius 1 is 1.47 bits per heavy atom. The molecular weight excluding hydrogens is 244 g/mol. The largest absolute Gasteiger partial charge is 0.481 e. The number of carbonyl (C=O) groups is 2. The molecule has 0 bridgehead atoms. The average Bonchev–Trinajstić information content (AvgIpc) is 2.92. The zero-order chi connectivity index (χ0) is 12.9. The number of amides is 1.